The molecule has 1 heterocycles. The molecule has 1 aromatic heterocycles. The summed E-state index contributed by atoms with van der Waals surface area (Å²) in [5.74, 6) is -0.501. The Morgan fingerprint density at radius 2 is 1.61 bits per heavy atom. The second-order valence-electron chi connectivity index (χ2n) is 7.86. The van der Waals surface area contributed by atoms with Gasteiger partial charge in [-0.25, -0.2) is 4.79 Å². The topological polar surface area (TPSA) is 100 Å². The Labute approximate surface area is 197 Å². The summed E-state index contributed by atoms with van der Waals surface area (Å²) in [5.41, 5.74) is 9.21. The van der Waals surface area contributed by atoms with E-state index in [1.807, 2.05) is 85.1 Å². The minimum absolute atomic E-state index is 0.190. The fraction of sp³-hybridized carbons (Fsp3) is 0.154. The Morgan fingerprint density at radius 3 is 2.36 bits per heavy atom. The van der Waals surface area contributed by atoms with Crippen LogP contribution >= 0.6 is 11.6 Å². The highest BCUT2D eigenvalue weighted by Crippen LogP contribution is 2.34. The molecule has 0 bridgehead atoms. The van der Waals surface area contributed by atoms with Crippen molar-refractivity contribution in [2.24, 2.45) is 5.73 Å². The van der Waals surface area contributed by atoms with Crippen LogP contribution in [-0.4, -0.2) is 29.5 Å². The van der Waals surface area contributed by atoms with E-state index in [0.29, 0.717) is 18.0 Å². The Morgan fingerprint density at radius 1 is 0.909 bits per heavy atom. The van der Waals surface area contributed by atoms with Gasteiger partial charge >= 0.3 is 6.03 Å². The van der Waals surface area contributed by atoms with Crippen molar-refractivity contribution in [1.82, 2.24) is 15.6 Å². The summed E-state index contributed by atoms with van der Waals surface area (Å²) in [6.07, 6.45) is 2.29. The lowest BCUT2D eigenvalue weighted by Crippen LogP contribution is -2.50. The molecule has 0 saturated heterocycles. The molecule has 0 aliphatic carbocycles. The van der Waals surface area contributed by atoms with Crippen LogP contribution in [-0.2, 0) is 11.2 Å². The number of nitrogens with two attached hydrogens (primary N) is 1. The van der Waals surface area contributed by atoms with Crippen molar-refractivity contribution in [3.05, 3.63) is 107 Å². The fourth-order valence-corrected chi connectivity index (χ4v) is 4.35. The van der Waals surface area contributed by atoms with Crippen LogP contribution in [0.2, 0.25) is 5.02 Å². The van der Waals surface area contributed by atoms with Crippen molar-refractivity contribution in [1.29, 1.82) is 0 Å². The first-order valence-corrected chi connectivity index (χ1v) is 11.1. The van der Waals surface area contributed by atoms with Crippen LogP contribution in [0.1, 0.15) is 22.6 Å². The molecule has 0 fully saturated rings. The van der Waals surface area contributed by atoms with E-state index in [0.717, 1.165) is 27.6 Å². The zero-order valence-corrected chi connectivity index (χ0v) is 18.7. The third-order valence-corrected chi connectivity index (χ3v) is 6.02. The molecule has 2 atom stereocenters. The third-order valence-electron chi connectivity index (χ3n) is 5.67. The number of carbonyl (C=O) groups is 2. The first-order valence-electron chi connectivity index (χ1n) is 10.7. The van der Waals surface area contributed by atoms with Gasteiger partial charge in [0.25, 0.3) is 0 Å². The number of urea groups is 1. The van der Waals surface area contributed by atoms with E-state index in [1.54, 1.807) is 0 Å². The number of carbonyl (C=O) groups excluding carboxylic acids is 2. The number of amides is 3. The SMILES string of the molecule is NC(=O)NC(Cc1ccccc1)C(=O)NCC(c1ccccc1Cl)c1c[nH]c2ccccc12. The summed E-state index contributed by atoms with van der Waals surface area (Å²) in [4.78, 5) is 28.0. The predicted octanol–water partition coefficient (Wildman–Crippen LogP) is 4.35. The molecule has 6 nitrogen and oxygen atoms in total. The zero-order chi connectivity index (χ0) is 23.2. The fourth-order valence-electron chi connectivity index (χ4n) is 4.08. The van der Waals surface area contributed by atoms with Crippen LogP contribution in [0.3, 0.4) is 0 Å². The second kappa shape index (κ2) is 10.2. The molecule has 5 N–H and O–H groups in total. The van der Waals surface area contributed by atoms with Crippen LogP contribution in [0.4, 0.5) is 4.79 Å². The smallest absolute Gasteiger partial charge is 0.312 e. The first kappa shape index (κ1) is 22.4. The molecular formula is C26H25ClN4O2. The molecule has 3 aromatic carbocycles. The van der Waals surface area contributed by atoms with Gasteiger partial charge in [-0.3, -0.25) is 4.79 Å². The van der Waals surface area contributed by atoms with E-state index in [4.69, 9.17) is 17.3 Å². The molecule has 168 valence electrons. The normalized spacial score (nSPS) is 12.8. The summed E-state index contributed by atoms with van der Waals surface area (Å²) >= 11 is 6.54. The molecule has 2 unspecified atom stereocenters. The monoisotopic (exact) mass is 460 g/mol. The summed E-state index contributed by atoms with van der Waals surface area (Å²) in [6, 6.07) is 23.6. The van der Waals surface area contributed by atoms with Gasteiger partial charge in [0.05, 0.1) is 0 Å². The summed E-state index contributed by atoms with van der Waals surface area (Å²) in [6.45, 7) is 0.302. The van der Waals surface area contributed by atoms with Crippen LogP contribution < -0.4 is 16.4 Å². The highest BCUT2D eigenvalue weighted by Gasteiger charge is 2.24. The maximum atomic E-state index is 13.1. The van der Waals surface area contributed by atoms with E-state index in [1.165, 1.54) is 0 Å². The number of hydrogen-bond donors (Lipinski definition) is 4. The van der Waals surface area contributed by atoms with Gasteiger partial charge in [0, 0.05) is 41.0 Å². The number of H-pyrrole nitrogens is 1. The molecule has 0 aliphatic heterocycles. The molecular weight excluding hydrogens is 436 g/mol. The number of nitrogens with one attached hydrogen (secondary N) is 3. The minimum Gasteiger partial charge on any atom is -0.361 e. The van der Waals surface area contributed by atoms with Crippen molar-refractivity contribution in [3.63, 3.8) is 0 Å². The van der Waals surface area contributed by atoms with Gasteiger partial charge in [-0.05, 0) is 28.8 Å². The molecule has 4 aromatic rings. The summed E-state index contributed by atoms with van der Waals surface area (Å²) in [7, 11) is 0. The van der Waals surface area contributed by atoms with Crippen LogP contribution in [0.15, 0.2) is 85.1 Å². The van der Waals surface area contributed by atoms with Gasteiger partial charge in [0.2, 0.25) is 5.91 Å². The Bertz CT molecular complexity index is 1260. The number of rotatable bonds is 8. The third kappa shape index (κ3) is 5.35. The number of primary amides is 1. The van der Waals surface area contributed by atoms with Crippen LogP contribution in [0.25, 0.3) is 10.9 Å². The molecule has 0 spiro atoms. The highest BCUT2D eigenvalue weighted by atomic mass is 35.5. The van der Waals surface area contributed by atoms with Gasteiger partial charge < -0.3 is 21.4 Å². The number of aromatic amines is 1. The van der Waals surface area contributed by atoms with E-state index in [-0.39, 0.29) is 11.8 Å². The number of halogens is 1. The minimum atomic E-state index is -0.792. The average molecular weight is 461 g/mol. The van der Waals surface area contributed by atoms with Gasteiger partial charge in [-0.1, -0.05) is 78.3 Å². The number of benzene rings is 3. The van der Waals surface area contributed by atoms with Crippen molar-refractivity contribution in [2.45, 2.75) is 18.4 Å². The van der Waals surface area contributed by atoms with Gasteiger partial charge in [0.15, 0.2) is 0 Å². The molecule has 7 heteroatoms. The molecule has 0 saturated carbocycles. The second-order valence-corrected chi connectivity index (χ2v) is 8.27. The quantitative estimate of drug-likeness (QED) is 0.314. The molecule has 33 heavy (non-hydrogen) atoms. The van der Waals surface area contributed by atoms with Crippen LogP contribution in [0, 0.1) is 0 Å². The Balaban J connectivity index is 1.60. The van der Waals surface area contributed by atoms with Crippen molar-refractivity contribution in [2.75, 3.05) is 6.54 Å². The Kier molecular flexibility index (Phi) is 6.95. The lowest BCUT2D eigenvalue weighted by Gasteiger charge is -2.22. The van der Waals surface area contributed by atoms with Gasteiger partial charge in [-0.15, -0.1) is 0 Å². The number of para-hydroxylation sites is 1. The molecule has 0 aliphatic rings. The standard InChI is InChI=1S/C26H25ClN4O2/c27-22-12-6-4-10-18(22)20(21-15-29-23-13-7-5-11-19(21)23)16-30-25(32)24(31-26(28)33)14-17-8-2-1-3-9-17/h1-13,15,20,24,29H,14,16H2,(H,30,32)(H3,28,31,33). The Hall–Kier alpha value is -3.77. The number of hydrogen-bond acceptors (Lipinski definition) is 2. The number of fused-ring (bicyclic) bond motifs is 1. The summed E-state index contributed by atoms with van der Waals surface area (Å²) in [5, 5.41) is 7.25. The lowest BCUT2D eigenvalue weighted by molar-refractivity contribution is -0.122. The zero-order valence-electron chi connectivity index (χ0n) is 17.9. The van der Waals surface area contributed by atoms with Crippen molar-refractivity contribution < 1.29 is 9.59 Å². The van der Waals surface area contributed by atoms with E-state index >= 15 is 0 Å². The average Bonchev–Trinajstić information content (AvgIpc) is 3.24. The first-order chi connectivity index (χ1) is 16.0. The van der Waals surface area contributed by atoms with E-state index < -0.39 is 12.1 Å². The van der Waals surface area contributed by atoms with E-state index in [2.05, 4.69) is 15.6 Å². The lowest BCUT2D eigenvalue weighted by atomic mass is 9.90. The van der Waals surface area contributed by atoms with Crippen LogP contribution in [0.5, 0.6) is 0 Å². The highest BCUT2D eigenvalue weighted by molar-refractivity contribution is 6.31. The summed E-state index contributed by atoms with van der Waals surface area (Å²) < 4.78 is 0. The van der Waals surface area contributed by atoms with Gasteiger partial charge in [-0.2, -0.15) is 0 Å². The molecule has 4 rings (SSSR count). The van der Waals surface area contributed by atoms with Crippen molar-refractivity contribution >= 4 is 34.4 Å². The largest absolute Gasteiger partial charge is 0.361 e. The predicted molar refractivity (Wildman–Crippen MR) is 131 cm³/mol. The van der Waals surface area contributed by atoms with Crippen molar-refractivity contribution in [3.8, 4) is 0 Å². The van der Waals surface area contributed by atoms with Gasteiger partial charge in [0.1, 0.15) is 6.04 Å². The maximum Gasteiger partial charge on any atom is 0.312 e. The molecule has 3 amide bonds. The molecule has 0 radical (unpaired) electrons. The maximum absolute atomic E-state index is 13.1. The van der Waals surface area contributed by atoms with E-state index in [9.17, 15) is 9.59 Å². The number of aromatic nitrogens is 1.